The van der Waals surface area contributed by atoms with Crippen LogP contribution in [0.1, 0.15) is 53.4 Å². The van der Waals surface area contributed by atoms with Gasteiger partial charge in [-0.2, -0.15) is 0 Å². The van der Waals surface area contributed by atoms with E-state index in [2.05, 4.69) is 10.6 Å². The maximum atomic E-state index is 11.9. The number of rotatable bonds is 4. The molecule has 0 saturated heterocycles. The lowest BCUT2D eigenvalue weighted by atomic mass is 9.75. The van der Waals surface area contributed by atoms with E-state index >= 15 is 0 Å². The Bertz CT molecular complexity index is 324. The predicted octanol–water partition coefficient (Wildman–Crippen LogP) is 2.12. The zero-order chi connectivity index (χ0) is 14.0. The van der Waals surface area contributed by atoms with Gasteiger partial charge in [0, 0.05) is 5.54 Å². The van der Waals surface area contributed by atoms with Gasteiger partial charge in [0.1, 0.15) is 6.04 Å². The number of carboxylic acid groups (broad SMARTS) is 1. The third-order valence-electron chi connectivity index (χ3n) is 3.75. The molecule has 104 valence electrons. The first-order chi connectivity index (χ1) is 8.20. The smallest absolute Gasteiger partial charge is 0.326 e. The van der Waals surface area contributed by atoms with Crippen LogP contribution in [0.4, 0.5) is 4.79 Å². The second-order valence-corrected chi connectivity index (χ2v) is 6.22. The van der Waals surface area contributed by atoms with Crippen LogP contribution < -0.4 is 10.6 Å². The zero-order valence-electron chi connectivity index (χ0n) is 11.7. The van der Waals surface area contributed by atoms with Crippen molar-refractivity contribution in [3.8, 4) is 0 Å². The number of amides is 2. The van der Waals surface area contributed by atoms with Gasteiger partial charge in [0.25, 0.3) is 0 Å². The average Bonchev–Trinajstić information content (AvgIpc) is 2.18. The van der Waals surface area contributed by atoms with E-state index in [0.29, 0.717) is 0 Å². The minimum Gasteiger partial charge on any atom is -0.480 e. The number of urea groups is 1. The number of nitrogens with one attached hydrogen (secondary N) is 2. The van der Waals surface area contributed by atoms with E-state index in [1.165, 1.54) is 0 Å². The van der Waals surface area contributed by atoms with Crippen LogP contribution in [0.3, 0.4) is 0 Å². The van der Waals surface area contributed by atoms with Crippen LogP contribution in [0.5, 0.6) is 0 Å². The van der Waals surface area contributed by atoms with Gasteiger partial charge < -0.3 is 15.7 Å². The van der Waals surface area contributed by atoms with Gasteiger partial charge in [0.05, 0.1) is 0 Å². The molecule has 1 saturated carbocycles. The van der Waals surface area contributed by atoms with E-state index in [0.717, 1.165) is 25.7 Å². The second kappa shape index (κ2) is 5.16. The van der Waals surface area contributed by atoms with Gasteiger partial charge in [-0.25, -0.2) is 9.59 Å². The summed E-state index contributed by atoms with van der Waals surface area (Å²) in [5.74, 6) is -1.00. The maximum Gasteiger partial charge on any atom is 0.326 e. The Balaban J connectivity index is 2.60. The first-order valence-electron chi connectivity index (χ1n) is 6.52. The normalized spacial score (nSPS) is 19.6. The highest BCUT2D eigenvalue weighted by Gasteiger charge is 2.38. The Morgan fingerprint density at radius 2 is 1.89 bits per heavy atom. The summed E-state index contributed by atoms with van der Waals surface area (Å²) in [7, 11) is 0. The van der Waals surface area contributed by atoms with Crippen LogP contribution in [0.15, 0.2) is 0 Å². The van der Waals surface area contributed by atoms with E-state index in [-0.39, 0.29) is 11.6 Å². The lowest BCUT2D eigenvalue weighted by Crippen LogP contribution is -2.60. The molecule has 3 N–H and O–H groups in total. The fourth-order valence-electron chi connectivity index (χ4n) is 2.23. The first kappa shape index (κ1) is 14.8. The molecule has 0 aromatic carbocycles. The van der Waals surface area contributed by atoms with Crippen LogP contribution >= 0.6 is 0 Å². The molecule has 0 spiro atoms. The van der Waals surface area contributed by atoms with Crippen molar-refractivity contribution in [1.29, 1.82) is 0 Å². The molecule has 1 unspecified atom stereocenters. The third kappa shape index (κ3) is 3.37. The summed E-state index contributed by atoms with van der Waals surface area (Å²) in [5.41, 5.74) is -0.632. The van der Waals surface area contributed by atoms with Crippen molar-refractivity contribution in [2.75, 3.05) is 0 Å². The monoisotopic (exact) mass is 256 g/mol. The molecule has 1 atom stereocenters. The molecular weight excluding hydrogens is 232 g/mol. The summed E-state index contributed by atoms with van der Waals surface area (Å²) >= 11 is 0. The average molecular weight is 256 g/mol. The first-order valence-corrected chi connectivity index (χ1v) is 6.52. The summed E-state index contributed by atoms with van der Waals surface area (Å²) in [4.78, 5) is 23.0. The van der Waals surface area contributed by atoms with E-state index in [9.17, 15) is 9.59 Å². The molecule has 2 amide bonds. The van der Waals surface area contributed by atoms with Crippen molar-refractivity contribution in [2.24, 2.45) is 5.41 Å². The van der Waals surface area contributed by atoms with E-state index in [4.69, 9.17) is 5.11 Å². The molecule has 5 nitrogen and oxygen atoms in total. The van der Waals surface area contributed by atoms with Crippen molar-refractivity contribution in [1.82, 2.24) is 10.6 Å². The Morgan fingerprint density at radius 3 is 2.17 bits per heavy atom. The summed E-state index contributed by atoms with van der Waals surface area (Å²) in [6.07, 6.45) is 3.96. The fraction of sp³-hybridized carbons (Fsp3) is 0.846. The van der Waals surface area contributed by atoms with Gasteiger partial charge in [0.15, 0.2) is 0 Å². The lowest BCUT2D eigenvalue weighted by molar-refractivity contribution is -0.141. The van der Waals surface area contributed by atoms with Crippen LogP contribution in [0.2, 0.25) is 0 Å². The molecule has 18 heavy (non-hydrogen) atoms. The SMILES string of the molecule is CCC1(NC(=O)NC(C(=O)O)C(C)(C)C)CCC1. The highest BCUT2D eigenvalue weighted by molar-refractivity contribution is 5.83. The van der Waals surface area contributed by atoms with E-state index in [1.54, 1.807) is 20.8 Å². The summed E-state index contributed by atoms with van der Waals surface area (Å²) < 4.78 is 0. The van der Waals surface area contributed by atoms with Crippen LogP contribution in [0.25, 0.3) is 0 Å². The third-order valence-corrected chi connectivity index (χ3v) is 3.75. The molecule has 0 heterocycles. The second-order valence-electron chi connectivity index (χ2n) is 6.22. The fourth-order valence-corrected chi connectivity index (χ4v) is 2.23. The Kier molecular flexibility index (Phi) is 4.24. The van der Waals surface area contributed by atoms with Gasteiger partial charge in [-0.1, -0.05) is 27.7 Å². The molecule has 0 aromatic heterocycles. The van der Waals surface area contributed by atoms with Crippen LogP contribution in [-0.4, -0.2) is 28.7 Å². The van der Waals surface area contributed by atoms with Crippen molar-refractivity contribution >= 4 is 12.0 Å². The Hall–Kier alpha value is -1.26. The van der Waals surface area contributed by atoms with Gasteiger partial charge in [-0.15, -0.1) is 0 Å². The van der Waals surface area contributed by atoms with Gasteiger partial charge in [-0.05, 0) is 31.1 Å². The van der Waals surface area contributed by atoms with Gasteiger partial charge in [0.2, 0.25) is 0 Å². The predicted molar refractivity (Wildman–Crippen MR) is 69.4 cm³/mol. The highest BCUT2D eigenvalue weighted by atomic mass is 16.4. The largest absolute Gasteiger partial charge is 0.480 e. The number of aliphatic carboxylic acids is 1. The molecule has 1 rings (SSSR count). The standard InChI is InChI=1S/C13H24N2O3/c1-5-13(7-6-8-13)15-11(18)14-9(10(16)17)12(2,3)4/h9H,5-8H2,1-4H3,(H,16,17)(H2,14,15,18). The Morgan fingerprint density at radius 1 is 1.33 bits per heavy atom. The molecule has 0 aromatic rings. The Labute approximate surface area is 108 Å². The molecule has 5 heteroatoms. The van der Waals surface area contributed by atoms with Crippen molar-refractivity contribution in [2.45, 2.75) is 65.0 Å². The van der Waals surface area contributed by atoms with Crippen LogP contribution in [-0.2, 0) is 4.79 Å². The lowest BCUT2D eigenvalue weighted by Gasteiger charge is -2.42. The van der Waals surface area contributed by atoms with Gasteiger partial charge in [-0.3, -0.25) is 0 Å². The highest BCUT2D eigenvalue weighted by Crippen LogP contribution is 2.34. The summed E-state index contributed by atoms with van der Waals surface area (Å²) in [6, 6.07) is -1.26. The number of hydrogen-bond donors (Lipinski definition) is 3. The van der Waals surface area contributed by atoms with Crippen molar-refractivity contribution in [3.05, 3.63) is 0 Å². The number of carbonyl (C=O) groups is 2. The van der Waals surface area contributed by atoms with Crippen LogP contribution in [0, 0.1) is 5.41 Å². The zero-order valence-corrected chi connectivity index (χ0v) is 11.7. The molecule has 1 aliphatic carbocycles. The molecule has 0 bridgehead atoms. The topological polar surface area (TPSA) is 78.4 Å². The van der Waals surface area contributed by atoms with E-state index in [1.807, 2.05) is 6.92 Å². The molecule has 0 radical (unpaired) electrons. The number of hydrogen-bond acceptors (Lipinski definition) is 2. The maximum absolute atomic E-state index is 11.9. The quantitative estimate of drug-likeness (QED) is 0.721. The molecule has 1 fully saturated rings. The van der Waals surface area contributed by atoms with Crippen molar-refractivity contribution in [3.63, 3.8) is 0 Å². The molecule has 0 aliphatic heterocycles. The molecular formula is C13H24N2O3. The summed E-state index contributed by atoms with van der Waals surface area (Å²) in [6.45, 7) is 7.43. The van der Waals surface area contributed by atoms with Crippen molar-refractivity contribution < 1.29 is 14.7 Å². The van der Waals surface area contributed by atoms with E-state index < -0.39 is 17.4 Å². The minimum absolute atomic E-state index is 0.120. The molecule has 1 aliphatic rings. The number of carboxylic acids is 1. The minimum atomic E-state index is -1.00. The van der Waals surface area contributed by atoms with Gasteiger partial charge >= 0.3 is 12.0 Å². The number of carbonyl (C=O) groups excluding carboxylic acids is 1. The summed E-state index contributed by atoms with van der Waals surface area (Å²) in [5, 5.41) is 14.6.